The number of amides is 1. The van der Waals surface area contributed by atoms with Gasteiger partial charge in [0.25, 0.3) is 5.91 Å². The first-order chi connectivity index (χ1) is 10.1. The molecule has 0 bridgehead atoms. The Morgan fingerprint density at radius 2 is 2.00 bits per heavy atom. The second-order valence-electron chi connectivity index (χ2n) is 5.42. The second kappa shape index (κ2) is 8.67. The summed E-state index contributed by atoms with van der Waals surface area (Å²) in [5, 5.41) is 12.5. The molecule has 0 atom stereocenters. The minimum Gasteiger partial charge on any atom is -0.494 e. The highest BCUT2D eigenvalue weighted by atomic mass is 16.5. The average Bonchev–Trinajstić information content (AvgIpc) is 2.54. The maximum atomic E-state index is 12.2. The summed E-state index contributed by atoms with van der Waals surface area (Å²) in [4.78, 5) is 12.2. The molecule has 0 radical (unpaired) electrons. The van der Waals surface area contributed by atoms with Crippen molar-refractivity contribution in [2.75, 3.05) is 19.8 Å². The monoisotopic (exact) mass is 293 g/mol. The van der Waals surface area contributed by atoms with Crippen LogP contribution in [0, 0.1) is 5.41 Å². The third-order valence-corrected chi connectivity index (χ3v) is 4.03. The van der Waals surface area contributed by atoms with Gasteiger partial charge >= 0.3 is 0 Å². The summed E-state index contributed by atoms with van der Waals surface area (Å²) in [6, 6.07) is 7.19. The Hall–Kier alpha value is -1.55. The predicted molar refractivity (Wildman–Crippen MR) is 84.7 cm³/mol. The van der Waals surface area contributed by atoms with Crippen molar-refractivity contribution in [1.82, 2.24) is 5.32 Å². The smallest absolute Gasteiger partial charge is 0.251 e. The van der Waals surface area contributed by atoms with Gasteiger partial charge in [-0.15, -0.1) is 0 Å². The van der Waals surface area contributed by atoms with Gasteiger partial charge in [-0.2, -0.15) is 0 Å². The van der Waals surface area contributed by atoms with Crippen molar-refractivity contribution in [1.29, 1.82) is 0 Å². The number of aliphatic hydroxyl groups excluding tert-OH is 1. The summed E-state index contributed by atoms with van der Waals surface area (Å²) in [7, 11) is 0. The predicted octanol–water partition coefficient (Wildman–Crippen LogP) is 3.00. The van der Waals surface area contributed by atoms with Gasteiger partial charge < -0.3 is 15.2 Å². The molecule has 4 nitrogen and oxygen atoms in total. The molecule has 0 aromatic heterocycles. The molecule has 1 rings (SSSR count). The highest BCUT2D eigenvalue weighted by Crippen LogP contribution is 2.24. The summed E-state index contributed by atoms with van der Waals surface area (Å²) in [6.07, 6.45) is 2.60. The fourth-order valence-electron chi connectivity index (χ4n) is 2.10. The summed E-state index contributed by atoms with van der Waals surface area (Å²) < 4.78 is 5.53. The molecular weight excluding hydrogens is 266 g/mol. The quantitative estimate of drug-likeness (QED) is 0.736. The number of nitrogens with one attached hydrogen (secondary N) is 1. The molecule has 1 aromatic carbocycles. The fourth-order valence-corrected chi connectivity index (χ4v) is 2.10. The number of ether oxygens (including phenoxy) is 1. The van der Waals surface area contributed by atoms with Gasteiger partial charge in [0.2, 0.25) is 0 Å². The third-order valence-electron chi connectivity index (χ3n) is 4.03. The molecule has 118 valence electrons. The van der Waals surface area contributed by atoms with Crippen LogP contribution in [-0.4, -0.2) is 30.8 Å². The van der Waals surface area contributed by atoms with E-state index in [0.29, 0.717) is 24.5 Å². The first kappa shape index (κ1) is 17.5. The maximum absolute atomic E-state index is 12.2. The van der Waals surface area contributed by atoms with E-state index < -0.39 is 0 Å². The molecule has 0 unspecified atom stereocenters. The molecule has 0 heterocycles. The maximum Gasteiger partial charge on any atom is 0.251 e. The number of benzene rings is 1. The van der Waals surface area contributed by atoms with Crippen LogP contribution in [0.3, 0.4) is 0 Å². The lowest BCUT2D eigenvalue weighted by molar-refractivity contribution is 0.0850. The zero-order chi connectivity index (χ0) is 15.7. The van der Waals surface area contributed by atoms with E-state index in [1.165, 1.54) is 0 Å². The fraction of sp³-hybridized carbons (Fsp3) is 0.588. The van der Waals surface area contributed by atoms with Crippen molar-refractivity contribution in [3.63, 3.8) is 0 Å². The van der Waals surface area contributed by atoms with E-state index in [9.17, 15) is 9.90 Å². The molecule has 0 spiro atoms. The molecule has 0 fully saturated rings. The number of carbonyl (C=O) groups excluding carboxylic acids is 1. The molecule has 1 amide bonds. The Morgan fingerprint density at radius 3 is 2.57 bits per heavy atom. The van der Waals surface area contributed by atoms with Crippen molar-refractivity contribution >= 4 is 5.91 Å². The van der Waals surface area contributed by atoms with Gasteiger partial charge in [-0.05, 0) is 37.5 Å². The van der Waals surface area contributed by atoms with Crippen molar-refractivity contribution in [3.8, 4) is 5.75 Å². The van der Waals surface area contributed by atoms with Gasteiger partial charge in [0.05, 0.1) is 13.2 Å². The highest BCUT2D eigenvalue weighted by molar-refractivity contribution is 5.94. The van der Waals surface area contributed by atoms with Crippen LogP contribution in [0.2, 0.25) is 0 Å². The molecule has 4 heteroatoms. The molecule has 0 aliphatic carbocycles. The largest absolute Gasteiger partial charge is 0.494 e. The van der Waals surface area contributed by atoms with Crippen LogP contribution in [-0.2, 0) is 0 Å². The van der Waals surface area contributed by atoms with E-state index in [1.54, 1.807) is 12.1 Å². The van der Waals surface area contributed by atoms with Crippen LogP contribution in [0.5, 0.6) is 5.75 Å². The Balaban J connectivity index is 2.67. The number of carbonyl (C=O) groups is 1. The van der Waals surface area contributed by atoms with Crippen LogP contribution >= 0.6 is 0 Å². The van der Waals surface area contributed by atoms with Crippen LogP contribution in [0.15, 0.2) is 24.3 Å². The summed E-state index contributed by atoms with van der Waals surface area (Å²) in [5.41, 5.74) is 0.356. The number of rotatable bonds is 9. The lowest BCUT2D eigenvalue weighted by atomic mass is 9.83. The lowest BCUT2D eigenvalue weighted by Crippen LogP contribution is -2.39. The van der Waals surface area contributed by atoms with E-state index in [2.05, 4.69) is 5.32 Å². The SMILES string of the molecule is CCCOc1cccc(C(=O)NCC(CC)(CC)CO)c1. The van der Waals surface area contributed by atoms with Gasteiger partial charge in [0.15, 0.2) is 0 Å². The second-order valence-corrected chi connectivity index (χ2v) is 5.42. The Bertz CT molecular complexity index is 433. The van der Waals surface area contributed by atoms with E-state index in [1.807, 2.05) is 32.9 Å². The molecule has 1 aromatic rings. The van der Waals surface area contributed by atoms with Crippen molar-refractivity contribution in [3.05, 3.63) is 29.8 Å². The number of hydrogen-bond acceptors (Lipinski definition) is 3. The molecule has 2 N–H and O–H groups in total. The molecule has 21 heavy (non-hydrogen) atoms. The van der Waals surface area contributed by atoms with E-state index in [0.717, 1.165) is 19.3 Å². The topological polar surface area (TPSA) is 58.6 Å². The summed E-state index contributed by atoms with van der Waals surface area (Å²) in [6.45, 7) is 7.32. The number of aliphatic hydroxyl groups is 1. The van der Waals surface area contributed by atoms with E-state index in [4.69, 9.17) is 4.74 Å². The van der Waals surface area contributed by atoms with E-state index >= 15 is 0 Å². The zero-order valence-electron chi connectivity index (χ0n) is 13.3. The first-order valence-corrected chi connectivity index (χ1v) is 7.72. The lowest BCUT2D eigenvalue weighted by Gasteiger charge is -2.29. The molecule has 0 saturated carbocycles. The summed E-state index contributed by atoms with van der Waals surface area (Å²) in [5.74, 6) is 0.584. The standard InChI is InChI=1S/C17H27NO3/c1-4-10-21-15-9-7-8-14(11-15)16(20)18-12-17(5-2,6-3)13-19/h7-9,11,19H,4-6,10,12-13H2,1-3H3,(H,18,20). The van der Waals surface area contributed by atoms with Crippen LogP contribution in [0.4, 0.5) is 0 Å². The number of hydrogen-bond donors (Lipinski definition) is 2. The normalized spacial score (nSPS) is 11.2. The molecule has 0 saturated heterocycles. The van der Waals surface area contributed by atoms with Crippen molar-refractivity contribution < 1.29 is 14.6 Å². The Morgan fingerprint density at radius 1 is 1.29 bits per heavy atom. The van der Waals surface area contributed by atoms with Gasteiger partial charge in [-0.1, -0.05) is 26.8 Å². The molecular formula is C17H27NO3. The van der Waals surface area contributed by atoms with Gasteiger partial charge in [0, 0.05) is 17.5 Å². The highest BCUT2D eigenvalue weighted by Gasteiger charge is 2.25. The molecule has 0 aliphatic heterocycles. The first-order valence-electron chi connectivity index (χ1n) is 7.72. The van der Waals surface area contributed by atoms with Gasteiger partial charge in [0.1, 0.15) is 5.75 Å². The summed E-state index contributed by atoms with van der Waals surface area (Å²) >= 11 is 0. The van der Waals surface area contributed by atoms with Crippen LogP contribution in [0.1, 0.15) is 50.4 Å². The molecule has 0 aliphatic rings. The zero-order valence-corrected chi connectivity index (χ0v) is 13.3. The minimum absolute atomic E-state index is 0.0833. The minimum atomic E-state index is -0.230. The van der Waals surface area contributed by atoms with Crippen molar-refractivity contribution in [2.45, 2.75) is 40.0 Å². The van der Waals surface area contributed by atoms with Gasteiger partial charge in [-0.3, -0.25) is 4.79 Å². The third kappa shape index (κ3) is 5.05. The van der Waals surface area contributed by atoms with Gasteiger partial charge in [-0.25, -0.2) is 0 Å². The van der Waals surface area contributed by atoms with Crippen LogP contribution in [0.25, 0.3) is 0 Å². The van der Waals surface area contributed by atoms with E-state index in [-0.39, 0.29) is 17.9 Å². The average molecular weight is 293 g/mol. The Labute approximate surface area is 127 Å². The Kier molecular flexibility index (Phi) is 7.23. The van der Waals surface area contributed by atoms with Crippen molar-refractivity contribution in [2.24, 2.45) is 5.41 Å². The van der Waals surface area contributed by atoms with Crippen LogP contribution < -0.4 is 10.1 Å².